The number of aryl methyl sites for hydroxylation is 1. The number of amidine groups is 1. The zero-order valence-electron chi connectivity index (χ0n) is 12.4. The van der Waals surface area contributed by atoms with Crippen molar-refractivity contribution in [3.05, 3.63) is 44.8 Å². The normalized spacial score (nSPS) is 12.0. The van der Waals surface area contributed by atoms with Gasteiger partial charge >= 0.3 is 5.63 Å². The summed E-state index contributed by atoms with van der Waals surface area (Å²) in [6.45, 7) is 2.90. The first-order valence-electron chi connectivity index (χ1n) is 6.66. The highest BCUT2D eigenvalue weighted by atomic mass is 35.5. The molecule has 7 heteroatoms. The number of halogens is 1. The predicted molar refractivity (Wildman–Crippen MR) is 91.9 cm³/mol. The molecule has 0 bridgehead atoms. The fourth-order valence-electron chi connectivity index (χ4n) is 1.91. The molecule has 0 atom stereocenters. The van der Waals surface area contributed by atoms with E-state index >= 15 is 0 Å². The van der Waals surface area contributed by atoms with E-state index in [0.29, 0.717) is 34.7 Å². The second-order valence-corrected chi connectivity index (χ2v) is 6.09. The van der Waals surface area contributed by atoms with E-state index in [0.717, 1.165) is 16.5 Å². The molecule has 0 amide bonds. The zero-order valence-corrected chi connectivity index (χ0v) is 14.0. The summed E-state index contributed by atoms with van der Waals surface area (Å²) in [5, 5.41) is 1.90. The number of nitrogens with zero attached hydrogens (tertiary/aromatic N) is 1. The largest absolute Gasteiger partial charge is 0.423 e. The molecule has 22 heavy (non-hydrogen) atoms. The van der Waals surface area contributed by atoms with E-state index in [-0.39, 0.29) is 5.63 Å². The lowest BCUT2D eigenvalue weighted by Gasteiger charge is -2.07. The number of hydrogen-bond donors (Lipinski definition) is 1. The highest BCUT2D eigenvalue weighted by Gasteiger charge is 2.09. The molecule has 0 aliphatic heterocycles. The maximum atomic E-state index is 11.7. The summed E-state index contributed by atoms with van der Waals surface area (Å²) >= 11 is 7.52. The molecule has 118 valence electrons. The minimum atomic E-state index is -0.389. The van der Waals surface area contributed by atoms with Gasteiger partial charge in [-0.25, -0.2) is 4.79 Å². The molecule has 1 aromatic heterocycles. The molecule has 0 saturated heterocycles. The first-order chi connectivity index (χ1) is 10.5. The molecule has 0 unspecified atom stereocenters. The summed E-state index contributed by atoms with van der Waals surface area (Å²) in [6, 6.07) is 5.04. The van der Waals surface area contributed by atoms with E-state index in [1.165, 1.54) is 17.8 Å². The molecule has 5 nitrogen and oxygen atoms in total. The van der Waals surface area contributed by atoms with Crippen molar-refractivity contribution in [1.29, 1.82) is 0 Å². The Hall–Kier alpha value is -1.50. The molecule has 0 aliphatic rings. The summed E-state index contributed by atoms with van der Waals surface area (Å²) in [6.07, 6.45) is 0. The van der Waals surface area contributed by atoms with Crippen LogP contribution in [0.2, 0.25) is 5.02 Å². The van der Waals surface area contributed by atoms with Gasteiger partial charge in [0.05, 0.1) is 13.2 Å². The highest BCUT2D eigenvalue weighted by Crippen LogP contribution is 2.27. The molecule has 2 aromatic rings. The van der Waals surface area contributed by atoms with Crippen molar-refractivity contribution in [3.63, 3.8) is 0 Å². The molecule has 0 spiro atoms. The van der Waals surface area contributed by atoms with Gasteiger partial charge in [-0.15, -0.1) is 0 Å². The van der Waals surface area contributed by atoms with Crippen molar-refractivity contribution >= 4 is 39.5 Å². The van der Waals surface area contributed by atoms with E-state index in [1.54, 1.807) is 13.2 Å². The van der Waals surface area contributed by atoms with Gasteiger partial charge < -0.3 is 14.9 Å². The van der Waals surface area contributed by atoms with Crippen molar-refractivity contribution in [3.8, 4) is 0 Å². The van der Waals surface area contributed by atoms with E-state index in [1.807, 2.05) is 13.0 Å². The van der Waals surface area contributed by atoms with E-state index in [4.69, 9.17) is 26.5 Å². The number of fused-ring (bicyclic) bond motifs is 1. The number of hydrogen-bond acceptors (Lipinski definition) is 5. The topological polar surface area (TPSA) is 77.8 Å². The summed E-state index contributed by atoms with van der Waals surface area (Å²) in [4.78, 5) is 15.8. The number of ether oxygens (including phenoxy) is 1. The van der Waals surface area contributed by atoms with Crippen LogP contribution in [0.15, 0.2) is 32.4 Å². The van der Waals surface area contributed by atoms with Crippen molar-refractivity contribution in [2.45, 2.75) is 12.7 Å². The molecule has 0 radical (unpaired) electrons. The second kappa shape index (κ2) is 7.67. The molecule has 2 rings (SSSR count). The van der Waals surface area contributed by atoms with E-state index in [9.17, 15) is 4.79 Å². The van der Waals surface area contributed by atoms with Crippen LogP contribution in [0.4, 0.5) is 0 Å². The summed E-state index contributed by atoms with van der Waals surface area (Å²) < 4.78 is 10.1. The lowest BCUT2D eigenvalue weighted by atomic mass is 10.1. The molecule has 0 aliphatic carbocycles. The van der Waals surface area contributed by atoms with Crippen LogP contribution in [0, 0.1) is 6.92 Å². The van der Waals surface area contributed by atoms with Crippen LogP contribution < -0.4 is 11.4 Å². The number of nitrogens with two attached hydrogens (primary N) is 1. The third-order valence-electron chi connectivity index (χ3n) is 3.05. The third-order valence-corrected chi connectivity index (χ3v) is 4.34. The van der Waals surface area contributed by atoms with Gasteiger partial charge in [0.1, 0.15) is 5.58 Å². The van der Waals surface area contributed by atoms with Crippen molar-refractivity contribution in [2.75, 3.05) is 20.3 Å². The Bertz CT molecular complexity index is 758. The Morgan fingerprint density at radius 2 is 2.23 bits per heavy atom. The maximum absolute atomic E-state index is 11.7. The van der Waals surface area contributed by atoms with Crippen LogP contribution in [-0.2, 0) is 10.5 Å². The summed E-state index contributed by atoms with van der Waals surface area (Å²) in [5.74, 6) is 0.518. The highest BCUT2D eigenvalue weighted by molar-refractivity contribution is 8.13. The number of methoxy groups -OCH3 is 1. The molecule has 0 saturated carbocycles. The fraction of sp³-hybridized carbons (Fsp3) is 0.333. The van der Waals surface area contributed by atoms with Gasteiger partial charge in [-0.1, -0.05) is 23.4 Å². The van der Waals surface area contributed by atoms with E-state index in [2.05, 4.69) is 4.99 Å². The van der Waals surface area contributed by atoms with Crippen LogP contribution in [0.3, 0.4) is 0 Å². The summed E-state index contributed by atoms with van der Waals surface area (Å²) in [7, 11) is 1.61. The lowest BCUT2D eigenvalue weighted by Crippen LogP contribution is -2.10. The Kier molecular flexibility index (Phi) is 5.88. The zero-order chi connectivity index (χ0) is 16.1. The van der Waals surface area contributed by atoms with Gasteiger partial charge in [0, 0.05) is 29.3 Å². The van der Waals surface area contributed by atoms with Gasteiger partial charge in [-0.2, -0.15) is 0 Å². The second-order valence-electron chi connectivity index (χ2n) is 4.69. The molecule has 0 fully saturated rings. The van der Waals surface area contributed by atoms with Crippen LogP contribution in [0.25, 0.3) is 11.0 Å². The average Bonchev–Trinajstić information content (AvgIpc) is 2.47. The smallest absolute Gasteiger partial charge is 0.336 e. The number of rotatable bonds is 5. The predicted octanol–water partition coefficient (Wildman–Crippen LogP) is 2.95. The van der Waals surface area contributed by atoms with Gasteiger partial charge in [0.25, 0.3) is 0 Å². The fourth-order valence-corrected chi connectivity index (χ4v) is 2.80. The Morgan fingerprint density at radius 1 is 1.45 bits per heavy atom. The molecule has 1 heterocycles. The van der Waals surface area contributed by atoms with Crippen LogP contribution >= 0.6 is 23.4 Å². The number of thioether (sulfide) groups is 1. The Morgan fingerprint density at radius 3 is 2.95 bits per heavy atom. The monoisotopic (exact) mass is 340 g/mol. The van der Waals surface area contributed by atoms with Crippen molar-refractivity contribution in [1.82, 2.24) is 0 Å². The number of aliphatic imine (C=N–C) groups is 1. The molecular formula is C15H17ClN2O3S. The Balaban J connectivity index is 2.25. The minimum Gasteiger partial charge on any atom is -0.423 e. The van der Waals surface area contributed by atoms with Gasteiger partial charge in [-0.05, 0) is 30.2 Å². The molecule has 1 aromatic carbocycles. The van der Waals surface area contributed by atoms with Crippen molar-refractivity contribution in [2.24, 2.45) is 10.7 Å². The lowest BCUT2D eigenvalue weighted by molar-refractivity contribution is 0.208. The molecular weight excluding hydrogens is 324 g/mol. The van der Waals surface area contributed by atoms with E-state index < -0.39 is 0 Å². The quantitative estimate of drug-likeness (QED) is 0.392. The average molecular weight is 341 g/mol. The van der Waals surface area contributed by atoms with Crippen LogP contribution in [0.5, 0.6) is 0 Å². The summed E-state index contributed by atoms with van der Waals surface area (Å²) in [5.41, 5.74) is 7.65. The van der Waals surface area contributed by atoms with Gasteiger partial charge in [0.2, 0.25) is 0 Å². The first kappa shape index (κ1) is 16.9. The molecule has 2 N–H and O–H groups in total. The van der Waals surface area contributed by atoms with Gasteiger partial charge in [-0.3, -0.25) is 4.99 Å². The first-order valence-corrected chi connectivity index (χ1v) is 8.02. The van der Waals surface area contributed by atoms with Crippen LogP contribution in [-0.4, -0.2) is 25.4 Å². The van der Waals surface area contributed by atoms with Crippen LogP contribution in [0.1, 0.15) is 11.1 Å². The SMILES string of the molecule is COCCN=C(N)SCc1cc(=O)oc2cc(C)c(Cl)cc12. The van der Waals surface area contributed by atoms with Gasteiger partial charge in [0.15, 0.2) is 5.17 Å². The maximum Gasteiger partial charge on any atom is 0.336 e. The number of benzene rings is 1. The Labute approximate surface area is 137 Å². The standard InChI is InChI=1S/C15H17ClN2O3S/c1-9-5-13-11(7-12(9)16)10(6-14(19)21-13)8-22-15(17)18-3-4-20-2/h5-7H,3-4,8H2,1-2H3,(H2,17,18). The third kappa shape index (κ3) is 4.25. The van der Waals surface area contributed by atoms with Crippen molar-refractivity contribution < 1.29 is 9.15 Å². The minimum absolute atomic E-state index is 0.389.